The van der Waals surface area contributed by atoms with Crippen LogP contribution >= 0.6 is 0 Å². The Morgan fingerprint density at radius 3 is 2.52 bits per heavy atom. The molecule has 0 heterocycles. The fourth-order valence-corrected chi connectivity index (χ4v) is 4.69. The van der Waals surface area contributed by atoms with Gasteiger partial charge in [0.15, 0.2) is 0 Å². The van der Waals surface area contributed by atoms with Crippen LogP contribution in [0.15, 0.2) is 30.3 Å². The molecule has 0 N–H and O–H groups in total. The van der Waals surface area contributed by atoms with Crippen LogP contribution in [0.5, 0.6) is 0 Å². The highest BCUT2D eigenvalue weighted by atomic mass is 16.5. The second-order valence-electron chi connectivity index (χ2n) is 8.19. The lowest BCUT2D eigenvalue weighted by Crippen LogP contribution is -2.46. The average Bonchev–Trinajstić information content (AvgIpc) is 3.28. The van der Waals surface area contributed by atoms with Crippen LogP contribution in [0.4, 0.5) is 0 Å². The summed E-state index contributed by atoms with van der Waals surface area (Å²) in [6, 6.07) is 10.3. The maximum atomic E-state index is 13.2. The van der Waals surface area contributed by atoms with Gasteiger partial charge in [0, 0.05) is 0 Å². The molecule has 2 fully saturated rings. The van der Waals surface area contributed by atoms with Crippen molar-refractivity contribution in [1.82, 2.24) is 0 Å². The smallest absolute Gasteiger partial charge is 0.315 e. The van der Waals surface area contributed by atoms with E-state index in [1.807, 2.05) is 18.2 Å². The molecule has 3 nitrogen and oxygen atoms in total. The van der Waals surface area contributed by atoms with E-state index in [-0.39, 0.29) is 12.1 Å². The highest BCUT2D eigenvalue weighted by Gasteiger charge is 2.56. The van der Waals surface area contributed by atoms with Crippen molar-refractivity contribution in [1.29, 1.82) is 0 Å². The van der Waals surface area contributed by atoms with Crippen molar-refractivity contribution in [2.45, 2.75) is 71.5 Å². The fraction of sp³-hybridized carbons (Fsp3) is 0.682. The Labute approximate surface area is 152 Å². The molecular formula is C22H32O3. The van der Waals surface area contributed by atoms with Crippen LogP contribution in [-0.4, -0.2) is 18.7 Å². The molecule has 0 aliphatic heterocycles. The van der Waals surface area contributed by atoms with E-state index in [4.69, 9.17) is 9.47 Å². The molecule has 1 aromatic rings. The summed E-state index contributed by atoms with van der Waals surface area (Å²) in [6.45, 7) is 5.28. The zero-order chi connectivity index (χ0) is 17.7. The lowest BCUT2D eigenvalue weighted by molar-refractivity contribution is -0.172. The Bertz CT molecular complexity index is 548. The molecule has 0 spiro atoms. The molecule has 2 aliphatic rings. The van der Waals surface area contributed by atoms with Gasteiger partial charge in [-0.1, -0.05) is 57.0 Å². The minimum Gasteiger partial charge on any atom is -0.465 e. The summed E-state index contributed by atoms with van der Waals surface area (Å²) >= 11 is 0. The van der Waals surface area contributed by atoms with Gasteiger partial charge in [0.05, 0.1) is 24.7 Å². The van der Waals surface area contributed by atoms with E-state index in [1.165, 1.54) is 18.4 Å². The summed E-state index contributed by atoms with van der Waals surface area (Å²) in [5.74, 6) is 0.800. The summed E-state index contributed by atoms with van der Waals surface area (Å²) in [6.07, 6.45) is 7.70. The minimum absolute atomic E-state index is 0.00339. The molecule has 3 heteroatoms. The van der Waals surface area contributed by atoms with E-state index in [0.29, 0.717) is 25.0 Å². The van der Waals surface area contributed by atoms with Gasteiger partial charge in [-0.25, -0.2) is 0 Å². The SMILES string of the molecule is CC(C)COC(=O)C1(C2CCCC2)CCCC1OCc1ccccc1. The van der Waals surface area contributed by atoms with Gasteiger partial charge in [0.2, 0.25) is 0 Å². The van der Waals surface area contributed by atoms with Crippen molar-refractivity contribution < 1.29 is 14.3 Å². The molecule has 0 amide bonds. The summed E-state index contributed by atoms with van der Waals surface area (Å²) in [5.41, 5.74) is 0.755. The van der Waals surface area contributed by atoms with Crippen LogP contribution in [0.3, 0.4) is 0 Å². The van der Waals surface area contributed by atoms with Gasteiger partial charge >= 0.3 is 5.97 Å². The second-order valence-corrected chi connectivity index (χ2v) is 8.19. The van der Waals surface area contributed by atoms with Gasteiger partial charge in [-0.05, 0) is 49.5 Å². The number of hydrogen-bond donors (Lipinski definition) is 0. The van der Waals surface area contributed by atoms with Gasteiger partial charge in [0.1, 0.15) is 0 Å². The number of esters is 1. The van der Waals surface area contributed by atoms with E-state index in [2.05, 4.69) is 26.0 Å². The number of rotatable bonds is 7. The Kier molecular flexibility index (Phi) is 6.16. The average molecular weight is 344 g/mol. The third kappa shape index (κ3) is 4.08. The molecule has 2 atom stereocenters. The first-order valence-corrected chi connectivity index (χ1v) is 9.95. The highest BCUT2D eigenvalue weighted by Crippen LogP contribution is 2.52. The molecule has 2 saturated carbocycles. The van der Waals surface area contributed by atoms with Crippen molar-refractivity contribution in [3.63, 3.8) is 0 Å². The Morgan fingerprint density at radius 1 is 1.12 bits per heavy atom. The molecular weight excluding hydrogens is 312 g/mol. The summed E-state index contributed by atoms with van der Waals surface area (Å²) in [4.78, 5) is 13.2. The quantitative estimate of drug-likeness (QED) is 0.643. The number of ether oxygens (including phenoxy) is 2. The Balaban J connectivity index is 1.75. The molecule has 0 saturated heterocycles. The van der Waals surface area contributed by atoms with Crippen LogP contribution in [0.2, 0.25) is 0 Å². The first-order chi connectivity index (χ1) is 12.1. The highest BCUT2D eigenvalue weighted by molar-refractivity contribution is 5.78. The van der Waals surface area contributed by atoms with Crippen molar-refractivity contribution in [2.24, 2.45) is 17.3 Å². The first-order valence-electron chi connectivity index (χ1n) is 9.95. The zero-order valence-corrected chi connectivity index (χ0v) is 15.7. The van der Waals surface area contributed by atoms with Crippen molar-refractivity contribution in [3.8, 4) is 0 Å². The second kappa shape index (κ2) is 8.35. The molecule has 3 rings (SSSR count). The maximum absolute atomic E-state index is 13.2. The van der Waals surface area contributed by atoms with Crippen molar-refractivity contribution in [3.05, 3.63) is 35.9 Å². The lowest BCUT2D eigenvalue weighted by Gasteiger charge is -2.38. The van der Waals surface area contributed by atoms with E-state index < -0.39 is 5.41 Å². The molecule has 2 unspecified atom stereocenters. The summed E-state index contributed by atoms with van der Waals surface area (Å²) in [5, 5.41) is 0. The number of benzene rings is 1. The normalized spacial score (nSPS) is 27.1. The van der Waals surface area contributed by atoms with E-state index >= 15 is 0 Å². The molecule has 2 aliphatic carbocycles. The molecule has 25 heavy (non-hydrogen) atoms. The van der Waals surface area contributed by atoms with E-state index in [1.54, 1.807) is 0 Å². The van der Waals surface area contributed by atoms with Crippen LogP contribution < -0.4 is 0 Å². The number of carbonyl (C=O) groups is 1. The largest absolute Gasteiger partial charge is 0.465 e. The fourth-order valence-electron chi connectivity index (χ4n) is 4.69. The van der Waals surface area contributed by atoms with Crippen LogP contribution in [0.25, 0.3) is 0 Å². The predicted octanol–water partition coefficient (Wildman–Crippen LogP) is 5.13. The molecule has 138 valence electrons. The molecule has 0 radical (unpaired) electrons. The molecule has 0 aromatic heterocycles. The van der Waals surface area contributed by atoms with Gasteiger partial charge in [-0.3, -0.25) is 4.79 Å². The predicted molar refractivity (Wildman–Crippen MR) is 99.1 cm³/mol. The Hall–Kier alpha value is -1.35. The van der Waals surface area contributed by atoms with Crippen molar-refractivity contribution in [2.75, 3.05) is 6.61 Å². The molecule has 0 bridgehead atoms. The summed E-state index contributed by atoms with van der Waals surface area (Å²) in [7, 11) is 0. The maximum Gasteiger partial charge on any atom is 0.315 e. The third-order valence-corrected chi connectivity index (χ3v) is 5.94. The first kappa shape index (κ1) is 18.4. The topological polar surface area (TPSA) is 35.5 Å². The lowest BCUT2D eigenvalue weighted by atomic mass is 9.71. The number of carbonyl (C=O) groups excluding carboxylic acids is 1. The minimum atomic E-state index is -0.416. The standard InChI is InChI=1S/C22H32O3/c1-17(2)15-25-21(23)22(19-11-6-7-12-19)14-8-13-20(22)24-16-18-9-4-3-5-10-18/h3-5,9-10,17,19-20H,6-8,11-16H2,1-2H3. The van der Waals surface area contributed by atoms with Gasteiger partial charge < -0.3 is 9.47 Å². The van der Waals surface area contributed by atoms with Crippen LogP contribution in [0, 0.1) is 17.3 Å². The Morgan fingerprint density at radius 2 is 1.84 bits per heavy atom. The van der Waals surface area contributed by atoms with E-state index in [0.717, 1.165) is 32.1 Å². The summed E-state index contributed by atoms with van der Waals surface area (Å²) < 4.78 is 12.1. The van der Waals surface area contributed by atoms with Crippen molar-refractivity contribution >= 4 is 5.97 Å². The van der Waals surface area contributed by atoms with Gasteiger partial charge in [-0.2, -0.15) is 0 Å². The molecule has 1 aromatic carbocycles. The van der Waals surface area contributed by atoms with Crippen LogP contribution in [0.1, 0.15) is 64.4 Å². The third-order valence-electron chi connectivity index (χ3n) is 5.94. The van der Waals surface area contributed by atoms with E-state index in [9.17, 15) is 4.79 Å². The number of hydrogen-bond acceptors (Lipinski definition) is 3. The monoisotopic (exact) mass is 344 g/mol. The van der Waals surface area contributed by atoms with Gasteiger partial charge in [0.25, 0.3) is 0 Å². The van der Waals surface area contributed by atoms with Crippen LogP contribution in [-0.2, 0) is 20.9 Å². The van der Waals surface area contributed by atoms with Gasteiger partial charge in [-0.15, -0.1) is 0 Å². The zero-order valence-electron chi connectivity index (χ0n) is 15.7.